The number of carbonyl (C=O) groups is 2. The van der Waals surface area contributed by atoms with Gasteiger partial charge in [0.25, 0.3) is 5.91 Å². The fourth-order valence-electron chi connectivity index (χ4n) is 1.23. The molecule has 1 aliphatic heterocycles. The van der Waals surface area contributed by atoms with E-state index in [1.807, 2.05) is 0 Å². The van der Waals surface area contributed by atoms with Crippen LogP contribution >= 0.6 is 11.6 Å². The average molecular weight is 227 g/mol. The normalized spacial score (nSPS) is 15.3. The molecule has 0 saturated carbocycles. The lowest BCUT2D eigenvalue weighted by atomic mass is 10.3. The molecule has 3 amide bonds. The van der Waals surface area contributed by atoms with E-state index in [9.17, 15) is 9.59 Å². The molecule has 1 aromatic rings. The Kier molecular flexibility index (Phi) is 2.51. The molecular formula is C8H7ClN4O2. The van der Waals surface area contributed by atoms with E-state index in [4.69, 9.17) is 11.6 Å². The topological polar surface area (TPSA) is 75.2 Å². The molecule has 1 fully saturated rings. The summed E-state index contributed by atoms with van der Waals surface area (Å²) in [5, 5.41) is 9.87. The zero-order valence-electron chi connectivity index (χ0n) is 7.61. The van der Waals surface area contributed by atoms with Crippen LogP contribution in [0.2, 0.25) is 5.15 Å². The standard InChI is InChI=1S/C8H7ClN4O2/c9-6-2-1-5(11-12-6)7(14)13-4-3-10-8(13)15/h1-2H,3-4H2,(H,10,15). The molecule has 0 aromatic carbocycles. The number of nitrogens with one attached hydrogen (secondary N) is 1. The Balaban J connectivity index is 2.20. The van der Waals surface area contributed by atoms with Gasteiger partial charge in [-0.3, -0.25) is 9.69 Å². The van der Waals surface area contributed by atoms with E-state index in [0.29, 0.717) is 13.1 Å². The Morgan fingerprint density at radius 3 is 2.80 bits per heavy atom. The molecule has 6 nitrogen and oxygen atoms in total. The average Bonchev–Trinajstić information content (AvgIpc) is 2.65. The third-order valence-corrected chi connectivity index (χ3v) is 2.15. The van der Waals surface area contributed by atoms with E-state index < -0.39 is 11.9 Å². The van der Waals surface area contributed by atoms with E-state index in [2.05, 4.69) is 15.5 Å². The SMILES string of the molecule is O=C1NCCN1C(=O)c1ccc(Cl)nn1. The van der Waals surface area contributed by atoms with Gasteiger partial charge in [-0.25, -0.2) is 4.79 Å². The lowest BCUT2D eigenvalue weighted by Crippen LogP contribution is -2.34. The number of imide groups is 1. The van der Waals surface area contributed by atoms with Crippen molar-refractivity contribution in [2.24, 2.45) is 0 Å². The minimum Gasteiger partial charge on any atom is -0.336 e. The van der Waals surface area contributed by atoms with Gasteiger partial charge in [-0.15, -0.1) is 10.2 Å². The Morgan fingerprint density at radius 2 is 2.27 bits per heavy atom. The van der Waals surface area contributed by atoms with Crippen molar-refractivity contribution in [3.05, 3.63) is 23.0 Å². The third kappa shape index (κ3) is 1.89. The van der Waals surface area contributed by atoms with Gasteiger partial charge in [-0.05, 0) is 12.1 Å². The molecule has 0 atom stereocenters. The summed E-state index contributed by atoms with van der Waals surface area (Å²) in [5.74, 6) is -0.464. The number of urea groups is 1. The van der Waals surface area contributed by atoms with Gasteiger partial charge in [0.2, 0.25) is 0 Å². The van der Waals surface area contributed by atoms with Gasteiger partial charge < -0.3 is 5.32 Å². The van der Waals surface area contributed by atoms with E-state index in [1.54, 1.807) is 0 Å². The van der Waals surface area contributed by atoms with Gasteiger partial charge >= 0.3 is 6.03 Å². The highest BCUT2D eigenvalue weighted by Crippen LogP contribution is 2.07. The lowest BCUT2D eigenvalue weighted by Gasteiger charge is -2.10. The molecule has 1 saturated heterocycles. The van der Waals surface area contributed by atoms with Crippen LogP contribution in [0.3, 0.4) is 0 Å². The van der Waals surface area contributed by atoms with Gasteiger partial charge in [0.15, 0.2) is 10.8 Å². The van der Waals surface area contributed by atoms with Crippen LogP contribution in [0.1, 0.15) is 10.5 Å². The highest BCUT2D eigenvalue weighted by molar-refractivity contribution is 6.29. The number of hydrogen-bond acceptors (Lipinski definition) is 4. The maximum atomic E-state index is 11.7. The van der Waals surface area contributed by atoms with Crippen LogP contribution in [-0.2, 0) is 0 Å². The molecule has 1 aromatic heterocycles. The van der Waals surface area contributed by atoms with Gasteiger partial charge in [0.05, 0.1) is 0 Å². The van der Waals surface area contributed by atoms with Gasteiger partial charge in [0, 0.05) is 13.1 Å². The summed E-state index contributed by atoms with van der Waals surface area (Å²) in [6, 6.07) is 2.48. The quantitative estimate of drug-likeness (QED) is 0.747. The first-order valence-electron chi connectivity index (χ1n) is 4.27. The fourth-order valence-corrected chi connectivity index (χ4v) is 1.33. The van der Waals surface area contributed by atoms with E-state index in [1.165, 1.54) is 12.1 Å². The summed E-state index contributed by atoms with van der Waals surface area (Å²) in [6.07, 6.45) is 0. The molecule has 0 unspecified atom stereocenters. The van der Waals surface area contributed by atoms with Crippen molar-refractivity contribution in [2.75, 3.05) is 13.1 Å². The largest absolute Gasteiger partial charge is 0.336 e. The van der Waals surface area contributed by atoms with Crippen LogP contribution in [0, 0.1) is 0 Å². The van der Waals surface area contributed by atoms with E-state index >= 15 is 0 Å². The molecule has 0 spiro atoms. The van der Waals surface area contributed by atoms with Crippen molar-refractivity contribution in [3.8, 4) is 0 Å². The summed E-state index contributed by atoms with van der Waals surface area (Å²) in [7, 11) is 0. The molecule has 15 heavy (non-hydrogen) atoms. The Bertz CT molecular complexity index is 406. The molecule has 0 bridgehead atoms. The molecule has 0 aliphatic carbocycles. The number of aromatic nitrogens is 2. The second kappa shape index (κ2) is 3.82. The van der Waals surface area contributed by atoms with Crippen molar-refractivity contribution >= 4 is 23.5 Å². The third-order valence-electron chi connectivity index (χ3n) is 1.95. The number of carbonyl (C=O) groups excluding carboxylic acids is 2. The van der Waals surface area contributed by atoms with Crippen LogP contribution in [0.25, 0.3) is 0 Å². The van der Waals surface area contributed by atoms with Gasteiger partial charge in [0.1, 0.15) is 0 Å². The molecule has 78 valence electrons. The smallest absolute Gasteiger partial charge is 0.324 e. The molecular weight excluding hydrogens is 220 g/mol. The minimum atomic E-state index is -0.464. The van der Waals surface area contributed by atoms with Crippen LogP contribution in [0.4, 0.5) is 4.79 Å². The molecule has 7 heteroatoms. The van der Waals surface area contributed by atoms with Crippen molar-refractivity contribution in [1.29, 1.82) is 0 Å². The first-order chi connectivity index (χ1) is 7.18. The van der Waals surface area contributed by atoms with Crippen molar-refractivity contribution in [3.63, 3.8) is 0 Å². The maximum absolute atomic E-state index is 11.7. The van der Waals surface area contributed by atoms with Crippen molar-refractivity contribution < 1.29 is 9.59 Å². The second-order valence-corrected chi connectivity index (χ2v) is 3.32. The van der Waals surface area contributed by atoms with Crippen molar-refractivity contribution in [2.45, 2.75) is 0 Å². The van der Waals surface area contributed by atoms with Crippen LogP contribution < -0.4 is 5.32 Å². The molecule has 0 radical (unpaired) electrons. The molecule has 1 aliphatic rings. The van der Waals surface area contributed by atoms with Gasteiger partial charge in [-0.2, -0.15) is 0 Å². The first-order valence-corrected chi connectivity index (χ1v) is 4.65. The Morgan fingerprint density at radius 1 is 1.47 bits per heavy atom. The molecule has 2 heterocycles. The summed E-state index contributed by atoms with van der Waals surface area (Å²) in [6.45, 7) is 0.813. The predicted molar refractivity (Wildman–Crippen MR) is 51.5 cm³/mol. The number of hydrogen-bond donors (Lipinski definition) is 1. The van der Waals surface area contributed by atoms with Crippen LogP contribution in [-0.4, -0.2) is 40.1 Å². The zero-order valence-corrected chi connectivity index (χ0v) is 8.36. The summed E-state index contributed by atoms with van der Waals surface area (Å²) in [4.78, 5) is 23.9. The summed E-state index contributed by atoms with van der Waals surface area (Å²) >= 11 is 5.53. The van der Waals surface area contributed by atoms with Crippen LogP contribution in [0.5, 0.6) is 0 Å². The lowest BCUT2D eigenvalue weighted by molar-refractivity contribution is 0.0822. The van der Waals surface area contributed by atoms with E-state index in [0.717, 1.165) is 4.90 Å². The second-order valence-electron chi connectivity index (χ2n) is 2.93. The minimum absolute atomic E-state index is 0.108. The first kappa shape index (κ1) is 9.85. The fraction of sp³-hybridized carbons (Fsp3) is 0.250. The highest BCUT2D eigenvalue weighted by atomic mass is 35.5. The Hall–Kier alpha value is -1.69. The summed E-state index contributed by atoms with van der Waals surface area (Å²) < 4.78 is 0. The number of amides is 3. The zero-order chi connectivity index (χ0) is 10.8. The number of nitrogens with zero attached hydrogens (tertiary/aromatic N) is 3. The van der Waals surface area contributed by atoms with Crippen LogP contribution in [0.15, 0.2) is 12.1 Å². The maximum Gasteiger partial charge on any atom is 0.324 e. The number of rotatable bonds is 1. The monoisotopic (exact) mass is 226 g/mol. The number of halogens is 1. The molecule has 1 N–H and O–H groups in total. The Labute approximate surface area is 90.2 Å². The molecule has 2 rings (SSSR count). The highest BCUT2D eigenvalue weighted by Gasteiger charge is 2.27. The van der Waals surface area contributed by atoms with Crippen molar-refractivity contribution in [1.82, 2.24) is 20.4 Å². The predicted octanol–water partition coefficient (Wildman–Crippen LogP) is 0.295. The van der Waals surface area contributed by atoms with E-state index in [-0.39, 0.29) is 10.8 Å². The van der Waals surface area contributed by atoms with Gasteiger partial charge in [-0.1, -0.05) is 11.6 Å². The summed E-state index contributed by atoms with van der Waals surface area (Å²) in [5.41, 5.74) is 0.108.